The highest BCUT2D eigenvalue weighted by atomic mass is 35.5. The molecule has 0 aliphatic heterocycles. The zero-order valence-electron chi connectivity index (χ0n) is 10.3. The standard InChI is InChI=1S/C12H16F2N2O.ClH/c1-8(15-2)7-16-12(17)5-9-3-4-10(13)6-11(9)14;/h3-4,6,8,15H,5,7H2,1-2H3,(H,16,17);1H. The van der Waals surface area contributed by atoms with Crippen LogP contribution in [0.15, 0.2) is 18.2 Å². The third-order valence-corrected chi connectivity index (χ3v) is 2.46. The molecular weight excluding hydrogens is 262 g/mol. The van der Waals surface area contributed by atoms with Gasteiger partial charge in [-0.15, -0.1) is 12.4 Å². The minimum atomic E-state index is -0.693. The van der Waals surface area contributed by atoms with Gasteiger partial charge in [-0.1, -0.05) is 6.07 Å². The highest BCUT2D eigenvalue weighted by Crippen LogP contribution is 2.09. The lowest BCUT2D eigenvalue weighted by Gasteiger charge is -2.11. The number of hydrogen-bond donors (Lipinski definition) is 2. The van der Waals surface area contributed by atoms with E-state index in [1.165, 1.54) is 6.07 Å². The molecule has 1 amide bonds. The highest BCUT2D eigenvalue weighted by molar-refractivity contribution is 5.85. The van der Waals surface area contributed by atoms with Gasteiger partial charge in [-0.2, -0.15) is 0 Å². The van der Waals surface area contributed by atoms with Crippen LogP contribution < -0.4 is 10.6 Å². The van der Waals surface area contributed by atoms with E-state index in [0.717, 1.165) is 12.1 Å². The summed E-state index contributed by atoms with van der Waals surface area (Å²) in [5.74, 6) is -1.62. The average molecular weight is 279 g/mol. The van der Waals surface area contributed by atoms with Gasteiger partial charge >= 0.3 is 0 Å². The van der Waals surface area contributed by atoms with E-state index in [-0.39, 0.29) is 36.3 Å². The molecule has 0 spiro atoms. The number of benzene rings is 1. The number of rotatable bonds is 5. The van der Waals surface area contributed by atoms with Gasteiger partial charge < -0.3 is 10.6 Å². The second kappa shape index (κ2) is 8.00. The summed E-state index contributed by atoms with van der Waals surface area (Å²) in [7, 11) is 1.79. The molecule has 0 aliphatic rings. The molecule has 102 valence electrons. The summed E-state index contributed by atoms with van der Waals surface area (Å²) in [6.45, 7) is 2.39. The summed E-state index contributed by atoms with van der Waals surface area (Å²) < 4.78 is 25.9. The second-order valence-corrected chi connectivity index (χ2v) is 3.91. The van der Waals surface area contributed by atoms with E-state index in [0.29, 0.717) is 6.54 Å². The molecule has 0 aliphatic carbocycles. The molecule has 18 heavy (non-hydrogen) atoms. The fraction of sp³-hybridized carbons (Fsp3) is 0.417. The van der Waals surface area contributed by atoms with Crippen molar-refractivity contribution >= 4 is 18.3 Å². The van der Waals surface area contributed by atoms with Gasteiger partial charge in [-0.25, -0.2) is 8.78 Å². The first-order valence-corrected chi connectivity index (χ1v) is 5.41. The average Bonchev–Trinajstić information content (AvgIpc) is 2.29. The molecule has 1 rings (SSSR count). The van der Waals surface area contributed by atoms with E-state index in [2.05, 4.69) is 10.6 Å². The summed E-state index contributed by atoms with van der Waals surface area (Å²) in [5, 5.41) is 5.63. The Morgan fingerprint density at radius 3 is 2.61 bits per heavy atom. The Balaban J connectivity index is 0.00000289. The Kier molecular flexibility index (Phi) is 7.47. The predicted molar refractivity (Wildman–Crippen MR) is 68.8 cm³/mol. The first-order chi connectivity index (χ1) is 8.02. The van der Waals surface area contributed by atoms with Crippen molar-refractivity contribution in [2.75, 3.05) is 13.6 Å². The monoisotopic (exact) mass is 278 g/mol. The third kappa shape index (κ3) is 5.42. The molecule has 0 saturated carbocycles. The Bertz CT molecular complexity index is 402. The molecule has 2 N–H and O–H groups in total. The van der Waals surface area contributed by atoms with Crippen molar-refractivity contribution in [2.45, 2.75) is 19.4 Å². The van der Waals surface area contributed by atoms with Gasteiger partial charge in [0.25, 0.3) is 0 Å². The Hall–Kier alpha value is -1.20. The molecule has 0 fully saturated rings. The molecule has 1 atom stereocenters. The maximum absolute atomic E-state index is 13.2. The van der Waals surface area contributed by atoms with Crippen LogP contribution in [0.2, 0.25) is 0 Å². The summed E-state index contributed by atoms with van der Waals surface area (Å²) in [6.07, 6.45) is -0.0808. The zero-order valence-corrected chi connectivity index (χ0v) is 11.1. The molecule has 1 aromatic rings. The Morgan fingerprint density at radius 1 is 1.39 bits per heavy atom. The Morgan fingerprint density at radius 2 is 2.06 bits per heavy atom. The summed E-state index contributed by atoms with van der Waals surface area (Å²) >= 11 is 0. The number of likely N-dealkylation sites (N-methyl/N-ethyl adjacent to an activating group) is 1. The van der Waals surface area contributed by atoms with Crippen molar-refractivity contribution in [1.82, 2.24) is 10.6 Å². The number of carbonyl (C=O) groups is 1. The number of carbonyl (C=O) groups excluding carboxylic acids is 1. The van der Waals surface area contributed by atoms with E-state index >= 15 is 0 Å². The number of nitrogens with one attached hydrogen (secondary N) is 2. The van der Waals surface area contributed by atoms with Crippen LogP contribution in [-0.4, -0.2) is 25.5 Å². The zero-order chi connectivity index (χ0) is 12.8. The van der Waals surface area contributed by atoms with Crippen LogP contribution in [0, 0.1) is 11.6 Å². The third-order valence-electron chi connectivity index (χ3n) is 2.46. The van der Waals surface area contributed by atoms with E-state index in [9.17, 15) is 13.6 Å². The minimum absolute atomic E-state index is 0. The summed E-state index contributed by atoms with van der Waals surface area (Å²) in [4.78, 5) is 11.5. The van der Waals surface area contributed by atoms with Crippen molar-refractivity contribution in [3.8, 4) is 0 Å². The lowest BCUT2D eigenvalue weighted by atomic mass is 10.1. The molecule has 6 heteroatoms. The van der Waals surface area contributed by atoms with E-state index in [4.69, 9.17) is 0 Å². The van der Waals surface area contributed by atoms with Gasteiger partial charge in [0.15, 0.2) is 0 Å². The summed E-state index contributed by atoms with van der Waals surface area (Å²) in [5.41, 5.74) is 0.195. The van der Waals surface area contributed by atoms with Gasteiger partial charge in [-0.3, -0.25) is 4.79 Å². The largest absolute Gasteiger partial charge is 0.354 e. The fourth-order valence-corrected chi connectivity index (χ4v) is 1.27. The second-order valence-electron chi connectivity index (χ2n) is 3.91. The van der Waals surface area contributed by atoms with Gasteiger partial charge in [-0.05, 0) is 25.6 Å². The molecule has 3 nitrogen and oxygen atoms in total. The topological polar surface area (TPSA) is 41.1 Å². The van der Waals surface area contributed by atoms with Crippen molar-refractivity contribution < 1.29 is 13.6 Å². The van der Waals surface area contributed by atoms with Gasteiger partial charge in [0.1, 0.15) is 11.6 Å². The van der Waals surface area contributed by atoms with Crippen LogP contribution in [0.3, 0.4) is 0 Å². The SMILES string of the molecule is CNC(C)CNC(=O)Cc1ccc(F)cc1F.Cl. The van der Waals surface area contributed by atoms with Crippen LogP contribution in [0.1, 0.15) is 12.5 Å². The van der Waals surface area contributed by atoms with Crippen LogP contribution >= 0.6 is 12.4 Å². The lowest BCUT2D eigenvalue weighted by Crippen LogP contribution is -2.37. The van der Waals surface area contributed by atoms with Crippen LogP contribution in [0.25, 0.3) is 0 Å². The molecule has 1 unspecified atom stereocenters. The molecular formula is C12H17ClF2N2O. The normalized spacial score (nSPS) is 11.6. The smallest absolute Gasteiger partial charge is 0.224 e. The minimum Gasteiger partial charge on any atom is -0.354 e. The first-order valence-electron chi connectivity index (χ1n) is 5.41. The van der Waals surface area contributed by atoms with E-state index in [1.54, 1.807) is 7.05 Å². The maximum atomic E-state index is 13.2. The fourth-order valence-electron chi connectivity index (χ4n) is 1.27. The van der Waals surface area contributed by atoms with E-state index in [1.807, 2.05) is 6.92 Å². The van der Waals surface area contributed by atoms with Crippen molar-refractivity contribution in [2.24, 2.45) is 0 Å². The van der Waals surface area contributed by atoms with Gasteiger partial charge in [0.05, 0.1) is 6.42 Å². The number of hydrogen-bond acceptors (Lipinski definition) is 2. The molecule has 1 aromatic carbocycles. The lowest BCUT2D eigenvalue weighted by molar-refractivity contribution is -0.120. The highest BCUT2D eigenvalue weighted by Gasteiger charge is 2.09. The van der Waals surface area contributed by atoms with Crippen LogP contribution in [-0.2, 0) is 11.2 Å². The summed E-state index contributed by atoms with van der Waals surface area (Å²) in [6, 6.07) is 3.35. The molecule has 0 bridgehead atoms. The van der Waals surface area contributed by atoms with Gasteiger partial charge in [0, 0.05) is 18.7 Å². The van der Waals surface area contributed by atoms with Crippen molar-refractivity contribution in [3.05, 3.63) is 35.4 Å². The molecule has 0 saturated heterocycles. The van der Waals surface area contributed by atoms with Crippen LogP contribution in [0.5, 0.6) is 0 Å². The molecule has 0 heterocycles. The van der Waals surface area contributed by atoms with E-state index < -0.39 is 11.6 Å². The number of halogens is 3. The molecule has 0 aromatic heterocycles. The van der Waals surface area contributed by atoms with Crippen molar-refractivity contribution in [1.29, 1.82) is 0 Å². The quantitative estimate of drug-likeness (QED) is 0.860. The van der Waals surface area contributed by atoms with Crippen LogP contribution in [0.4, 0.5) is 8.78 Å². The van der Waals surface area contributed by atoms with Crippen molar-refractivity contribution in [3.63, 3.8) is 0 Å². The maximum Gasteiger partial charge on any atom is 0.224 e. The predicted octanol–water partition coefficient (Wildman–Crippen LogP) is 1.65. The molecule has 0 radical (unpaired) electrons. The Labute approximate surface area is 111 Å². The first kappa shape index (κ1) is 16.8. The number of amides is 1. The van der Waals surface area contributed by atoms with Gasteiger partial charge in [0.2, 0.25) is 5.91 Å².